The number of carbonyl (C=O) groups excluding carboxylic acids is 1. The molecule has 0 saturated carbocycles. The molecule has 138 valence electrons. The van der Waals surface area contributed by atoms with Crippen LogP contribution in [0.25, 0.3) is 10.8 Å². The molecule has 0 spiro atoms. The van der Waals surface area contributed by atoms with Crippen LogP contribution in [0.2, 0.25) is 0 Å². The number of benzene rings is 3. The minimum absolute atomic E-state index is 0.181. The number of carbonyl (C=O) groups is 1. The zero-order valence-electron chi connectivity index (χ0n) is 15.6. The van der Waals surface area contributed by atoms with Crippen molar-refractivity contribution in [2.24, 2.45) is 5.73 Å². The molecule has 0 radical (unpaired) electrons. The van der Waals surface area contributed by atoms with E-state index in [4.69, 9.17) is 5.73 Å². The Labute approximate surface area is 160 Å². The number of rotatable bonds is 5. The molecule has 0 saturated heterocycles. The van der Waals surface area contributed by atoms with Gasteiger partial charge in [0.1, 0.15) is 0 Å². The molecule has 0 heterocycles. The van der Waals surface area contributed by atoms with Gasteiger partial charge in [0.15, 0.2) is 0 Å². The van der Waals surface area contributed by atoms with E-state index in [0.717, 1.165) is 24.8 Å². The minimum atomic E-state index is 0.181. The molecule has 1 unspecified atom stereocenters. The summed E-state index contributed by atoms with van der Waals surface area (Å²) in [6.07, 6.45) is 3.41. The van der Waals surface area contributed by atoms with Crippen molar-refractivity contribution in [2.45, 2.75) is 31.7 Å². The predicted molar refractivity (Wildman–Crippen MR) is 111 cm³/mol. The standard InChI is InChI=1S/C24H26N2O/c25-13-14-26(23-12-11-20-6-2-4-8-22(20)17-23)24(27)16-18-9-10-19-5-1-3-7-21(19)15-18/h1-10,15,23H,11-14,16-17,25H2. The molecule has 3 nitrogen and oxygen atoms in total. The fourth-order valence-corrected chi connectivity index (χ4v) is 4.22. The summed E-state index contributed by atoms with van der Waals surface area (Å²) in [7, 11) is 0. The maximum Gasteiger partial charge on any atom is 0.227 e. The molecular formula is C24H26N2O. The van der Waals surface area contributed by atoms with E-state index in [1.54, 1.807) is 0 Å². The number of hydrogen-bond donors (Lipinski definition) is 1. The maximum absolute atomic E-state index is 13.1. The molecule has 0 fully saturated rings. The van der Waals surface area contributed by atoms with Crippen LogP contribution in [0.4, 0.5) is 0 Å². The van der Waals surface area contributed by atoms with Gasteiger partial charge in [0, 0.05) is 19.1 Å². The van der Waals surface area contributed by atoms with Crippen molar-refractivity contribution in [3.63, 3.8) is 0 Å². The summed E-state index contributed by atoms with van der Waals surface area (Å²) < 4.78 is 0. The van der Waals surface area contributed by atoms with Crippen LogP contribution in [0.3, 0.4) is 0 Å². The van der Waals surface area contributed by atoms with E-state index in [2.05, 4.69) is 54.6 Å². The van der Waals surface area contributed by atoms with Crippen molar-refractivity contribution in [2.75, 3.05) is 13.1 Å². The highest BCUT2D eigenvalue weighted by molar-refractivity contribution is 5.85. The van der Waals surface area contributed by atoms with E-state index in [9.17, 15) is 4.79 Å². The number of aryl methyl sites for hydroxylation is 1. The lowest BCUT2D eigenvalue weighted by molar-refractivity contribution is -0.132. The molecule has 1 atom stereocenters. The van der Waals surface area contributed by atoms with E-state index in [-0.39, 0.29) is 11.9 Å². The second-order valence-electron chi connectivity index (χ2n) is 7.40. The minimum Gasteiger partial charge on any atom is -0.338 e. The first kappa shape index (κ1) is 17.7. The number of hydrogen-bond acceptors (Lipinski definition) is 2. The number of fused-ring (bicyclic) bond motifs is 2. The Morgan fingerprint density at radius 1 is 0.963 bits per heavy atom. The van der Waals surface area contributed by atoms with Gasteiger partial charge in [-0.1, -0.05) is 66.7 Å². The van der Waals surface area contributed by atoms with Crippen LogP contribution >= 0.6 is 0 Å². The molecule has 3 heteroatoms. The summed E-state index contributed by atoms with van der Waals surface area (Å²) in [5.41, 5.74) is 9.70. The quantitative estimate of drug-likeness (QED) is 0.755. The third kappa shape index (κ3) is 3.88. The molecule has 0 aliphatic heterocycles. The Balaban J connectivity index is 1.52. The first-order valence-corrected chi connectivity index (χ1v) is 9.78. The molecule has 1 aliphatic carbocycles. The third-order valence-corrected chi connectivity index (χ3v) is 5.62. The summed E-state index contributed by atoms with van der Waals surface area (Å²) in [5.74, 6) is 0.181. The van der Waals surface area contributed by atoms with Gasteiger partial charge in [-0.05, 0) is 46.7 Å². The first-order valence-electron chi connectivity index (χ1n) is 9.78. The Kier molecular flexibility index (Phi) is 5.21. The predicted octanol–water partition coefficient (Wildman–Crippen LogP) is 3.73. The lowest BCUT2D eigenvalue weighted by atomic mass is 9.87. The molecule has 0 bridgehead atoms. The Morgan fingerprint density at radius 2 is 1.70 bits per heavy atom. The second-order valence-corrected chi connectivity index (χ2v) is 7.40. The third-order valence-electron chi connectivity index (χ3n) is 5.62. The molecule has 1 aliphatic rings. The summed E-state index contributed by atoms with van der Waals surface area (Å²) in [5, 5.41) is 2.39. The maximum atomic E-state index is 13.1. The van der Waals surface area contributed by atoms with Crippen molar-refractivity contribution in [3.8, 4) is 0 Å². The fourth-order valence-electron chi connectivity index (χ4n) is 4.22. The molecule has 3 aromatic carbocycles. The average Bonchev–Trinajstić information content (AvgIpc) is 2.71. The highest BCUT2D eigenvalue weighted by atomic mass is 16.2. The summed E-state index contributed by atoms with van der Waals surface area (Å²) in [6.45, 7) is 1.13. The molecule has 4 rings (SSSR count). The van der Waals surface area contributed by atoms with E-state index in [1.807, 2.05) is 17.0 Å². The highest BCUT2D eigenvalue weighted by Gasteiger charge is 2.27. The van der Waals surface area contributed by atoms with Crippen molar-refractivity contribution >= 4 is 16.7 Å². The van der Waals surface area contributed by atoms with E-state index < -0.39 is 0 Å². The van der Waals surface area contributed by atoms with Gasteiger partial charge in [-0.15, -0.1) is 0 Å². The Bertz CT molecular complexity index is 950. The van der Waals surface area contributed by atoms with Crippen molar-refractivity contribution in [3.05, 3.63) is 83.4 Å². The van der Waals surface area contributed by atoms with Crippen LogP contribution in [-0.4, -0.2) is 29.9 Å². The smallest absolute Gasteiger partial charge is 0.227 e. The molecule has 0 aromatic heterocycles. The molecule has 2 N–H and O–H groups in total. The highest BCUT2D eigenvalue weighted by Crippen LogP contribution is 2.25. The first-order chi connectivity index (χ1) is 13.2. The number of nitrogens with two attached hydrogens (primary N) is 1. The lowest BCUT2D eigenvalue weighted by Crippen LogP contribution is -2.46. The monoisotopic (exact) mass is 358 g/mol. The molecular weight excluding hydrogens is 332 g/mol. The van der Waals surface area contributed by atoms with Gasteiger partial charge in [0.25, 0.3) is 0 Å². The Hall–Kier alpha value is -2.65. The van der Waals surface area contributed by atoms with Crippen LogP contribution in [0.5, 0.6) is 0 Å². The van der Waals surface area contributed by atoms with E-state index >= 15 is 0 Å². The van der Waals surface area contributed by atoms with Crippen LogP contribution in [-0.2, 0) is 24.1 Å². The zero-order chi connectivity index (χ0) is 18.6. The average molecular weight is 358 g/mol. The van der Waals surface area contributed by atoms with Crippen LogP contribution in [0.1, 0.15) is 23.1 Å². The van der Waals surface area contributed by atoms with Gasteiger partial charge in [-0.3, -0.25) is 4.79 Å². The van der Waals surface area contributed by atoms with E-state index in [0.29, 0.717) is 19.5 Å². The number of nitrogens with zero attached hydrogens (tertiary/aromatic N) is 1. The largest absolute Gasteiger partial charge is 0.338 e. The Morgan fingerprint density at radius 3 is 2.52 bits per heavy atom. The van der Waals surface area contributed by atoms with Crippen molar-refractivity contribution in [1.82, 2.24) is 4.90 Å². The second kappa shape index (κ2) is 7.93. The normalized spacial score (nSPS) is 16.1. The summed E-state index contributed by atoms with van der Waals surface area (Å²) >= 11 is 0. The van der Waals surface area contributed by atoms with Crippen molar-refractivity contribution < 1.29 is 4.79 Å². The van der Waals surface area contributed by atoms with Gasteiger partial charge in [-0.25, -0.2) is 0 Å². The van der Waals surface area contributed by atoms with Gasteiger partial charge in [0.05, 0.1) is 6.42 Å². The molecule has 1 amide bonds. The van der Waals surface area contributed by atoms with Crippen LogP contribution in [0.15, 0.2) is 66.7 Å². The molecule has 3 aromatic rings. The summed E-state index contributed by atoms with van der Waals surface area (Å²) in [6, 6.07) is 23.4. The topological polar surface area (TPSA) is 46.3 Å². The van der Waals surface area contributed by atoms with E-state index in [1.165, 1.54) is 21.9 Å². The van der Waals surface area contributed by atoms with Gasteiger partial charge in [-0.2, -0.15) is 0 Å². The van der Waals surface area contributed by atoms with Gasteiger partial charge < -0.3 is 10.6 Å². The fraction of sp³-hybridized carbons (Fsp3) is 0.292. The zero-order valence-corrected chi connectivity index (χ0v) is 15.6. The van der Waals surface area contributed by atoms with Crippen LogP contribution in [0, 0.1) is 0 Å². The van der Waals surface area contributed by atoms with Crippen molar-refractivity contribution in [1.29, 1.82) is 0 Å². The van der Waals surface area contributed by atoms with Gasteiger partial charge in [0.2, 0.25) is 5.91 Å². The number of amides is 1. The van der Waals surface area contributed by atoms with Crippen LogP contribution < -0.4 is 5.73 Å². The molecule has 27 heavy (non-hydrogen) atoms. The summed E-state index contributed by atoms with van der Waals surface area (Å²) in [4.78, 5) is 15.1. The SMILES string of the molecule is NCCN(C(=O)Cc1ccc2ccccc2c1)C1CCc2ccccc2C1. The van der Waals surface area contributed by atoms with Gasteiger partial charge >= 0.3 is 0 Å². The lowest BCUT2D eigenvalue weighted by Gasteiger charge is -2.35.